The summed E-state index contributed by atoms with van der Waals surface area (Å²) in [5, 5.41) is 12.2. The average molecular weight is 418 g/mol. The first-order valence-electron chi connectivity index (χ1n) is 9.61. The van der Waals surface area contributed by atoms with Gasteiger partial charge in [0, 0.05) is 44.1 Å². The number of thiazole rings is 1. The van der Waals surface area contributed by atoms with Crippen molar-refractivity contribution in [3.05, 3.63) is 5.38 Å². The Bertz CT molecular complexity index is 731. The Morgan fingerprint density at radius 1 is 1.41 bits per heavy atom. The monoisotopic (exact) mass is 417 g/mol. The average Bonchev–Trinajstić information content (AvgIpc) is 3.19. The summed E-state index contributed by atoms with van der Waals surface area (Å²) >= 11 is 1.37. The summed E-state index contributed by atoms with van der Waals surface area (Å²) in [6.45, 7) is 3.74. The van der Waals surface area contributed by atoms with Crippen LogP contribution in [0, 0.1) is 5.41 Å². The first-order valence-corrected chi connectivity index (χ1v) is 11.9. The number of aliphatic hydroxyl groups is 1. The number of hydrogen-bond acceptors (Lipinski definition) is 7. The summed E-state index contributed by atoms with van der Waals surface area (Å²) in [5.41, 5.74) is -0.153. The number of piperidine rings is 1. The first kappa shape index (κ1) is 21.0. The predicted octanol–water partition coefficient (Wildman–Crippen LogP) is 2.32. The third-order valence-corrected chi connectivity index (χ3v) is 8.88. The molecule has 1 aromatic heterocycles. The molecule has 1 aliphatic heterocycles. The van der Waals surface area contributed by atoms with E-state index in [1.807, 2.05) is 0 Å². The highest BCUT2D eigenvalue weighted by molar-refractivity contribution is 7.89. The topological polar surface area (TPSA) is 83.0 Å². The molecule has 1 saturated carbocycles. The van der Waals surface area contributed by atoms with Crippen LogP contribution in [0.5, 0.6) is 0 Å². The molecule has 7 nitrogen and oxygen atoms in total. The lowest BCUT2D eigenvalue weighted by Crippen LogP contribution is -2.43. The number of sulfonamides is 1. The Hall–Kier alpha value is -0.740. The van der Waals surface area contributed by atoms with E-state index in [1.54, 1.807) is 19.5 Å². The highest BCUT2D eigenvalue weighted by Gasteiger charge is 2.35. The molecule has 1 N–H and O–H groups in total. The minimum atomic E-state index is -3.60. The van der Waals surface area contributed by atoms with Crippen LogP contribution in [0.3, 0.4) is 0 Å². The molecule has 3 rings (SSSR count). The van der Waals surface area contributed by atoms with E-state index < -0.39 is 10.0 Å². The van der Waals surface area contributed by atoms with Crippen molar-refractivity contribution in [1.29, 1.82) is 0 Å². The van der Waals surface area contributed by atoms with E-state index >= 15 is 0 Å². The number of hydrogen-bond donors (Lipinski definition) is 1. The van der Waals surface area contributed by atoms with Gasteiger partial charge in [0.25, 0.3) is 10.0 Å². The second-order valence-corrected chi connectivity index (χ2v) is 10.9. The summed E-state index contributed by atoms with van der Waals surface area (Å²) in [6, 6.07) is -0.000725. The Labute approximate surface area is 166 Å². The highest BCUT2D eigenvalue weighted by Crippen LogP contribution is 2.35. The maximum absolute atomic E-state index is 13.0. The smallest absolute Gasteiger partial charge is 0.261 e. The first-order chi connectivity index (χ1) is 12.8. The molecule has 0 amide bonds. The maximum atomic E-state index is 13.0. The van der Waals surface area contributed by atoms with Gasteiger partial charge in [-0.2, -0.15) is 4.31 Å². The fraction of sp³-hybridized carbons (Fsp3) is 0.833. The lowest BCUT2D eigenvalue weighted by molar-refractivity contribution is 0.0553. The lowest BCUT2D eigenvalue weighted by Gasteiger charge is -2.39. The van der Waals surface area contributed by atoms with Crippen molar-refractivity contribution in [2.75, 3.05) is 38.8 Å². The van der Waals surface area contributed by atoms with Gasteiger partial charge >= 0.3 is 0 Å². The quantitative estimate of drug-likeness (QED) is 0.765. The van der Waals surface area contributed by atoms with Gasteiger partial charge in [-0.3, -0.25) is 0 Å². The van der Waals surface area contributed by atoms with Crippen molar-refractivity contribution < 1.29 is 18.3 Å². The molecule has 1 atom stereocenters. The summed E-state index contributed by atoms with van der Waals surface area (Å²) in [5.74, 6) is 0. The molecule has 2 heterocycles. The van der Waals surface area contributed by atoms with Gasteiger partial charge in [0.2, 0.25) is 0 Å². The van der Waals surface area contributed by atoms with Crippen LogP contribution in [-0.4, -0.2) is 68.8 Å². The van der Waals surface area contributed by atoms with E-state index in [2.05, 4.69) is 16.8 Å². The minimum Gasteiger partial charge on any atom is -0.396 e. The van der Waals surface area contributed by atoms with Gasteiger partial charge < -0.3 is 14.7 Å². The Morgan fingerprint density at radius 2 is 2.11 bits per heavy atom. The van der Waals surface area contributed by atoms with Crippen molar-refractivity contribution >= 4 is 26.5 Å². The molecular formula is C18H31N3O4S2. The van der Waals surface area contributed by atoms with Crippen LogP contribution < -0.4 is 4.90 Å². The summed E-state index contributed by atoms with van der Waals surface area (Å²) in [7, 11) is -0.224. The standard InChI is InChI=1S/C18H31N3O4S2/c1-18(13-22)9-4-10-21(12-18)17-19-16(11-26-17)27(23,24)20(2)14-5-7-15(25-3)8-6-14/h11,14-15,22H,4-10,12-13H2,1-3H3. The van der Waals surface area contributed by atoms with Crippen LogP contribution in [0.2, 0.25) is 0 Å². The molecule has 9 heteroatoms. The predicted molar refractivity (Wildman–Crippen MR) is 107 cm³/mol. The lowest BCUT2D eigenvalue weighted by atomic mass is 9.83. The van der Waals surface area contributed by atoms with Crippen molar-refractivity contribution in [1.82, 2.24) is 9.29 Å². The van der Waals surface area contributed by atoms with Crippen molar-refractivity contribution in [3.8, 4) is 0 Å². The number of ether oxygens (including phenoxy) is 1. The zero-order chi connectivity index (χ0) is 19.7. The molecule has 1 aliphatic carbocycles. The summed E-state index contributed by atoms with van der Waals surface area (Å²) in [6.07, 6.45) is 5.58. The Balaban J connectivity index is 1.71. The van der Waals surface area contributed by atoms with Gasteiger partial charge in [0.05, 0.1) is 12.7 Å². The van der Waals surface area contributed by atoms with Crippen LogP contribution in [-0.2, 0) is 14.8 Å². The third kappa shape index (κ3) is 4.48. The van der Waals surface area contributed by atoms with Gasteiger partial charge in [0.1, 0.15) is 0 Å². The molecule has 1 aromatic rings. The number of anilines is 1. The van der Waals surface area contributed by atoms with Crippen molar-refractivity contribution in [3.63, 3.8) is 0 Å². The molecule has 154 valence electrons. The van der Waals surface area contributed by atoms with Gasteiger partial charge in [-0.1, -0.05) is 6.92 Å². The van der Waals surface area contributed by atoms with Gasteiger partial charge in [-0.05, 0) is 38.5 Å². The van der Waals surface area contributed by atoms with E-state index in [4.69, 9.17) is 4.74 Å². The number of aliphatic hydroxyl groups excluding tert-OH is 1. The van der Waals surface area contributed by atoms with E-state index in [9.17, 15) is 13.5 Å². The van der Waals surface area contributed by atoms with Crippen LogP contribution in [0.25, 0.3) is 0 Å². The molecule has 2 fully saturated rings. The molecule has 0 aromatic carbocycles. The maximum Gasteiger partial charge on any atom is 0.261 e. The van der Waals surface area contributed by atoms with Crippen LogP contribution in [0.4, 0.5) is 5.13 Å². The largest absolute Gasteiger partial charge is 0.396 e. The van der Waals surface area contributed by atoms with Gasteiger partial charge in [0.15, 0.2) is 10.2 Å². The van der Waals surface area contributed by atoms with E-state index in [0.717, 1.165) is 50.2 Å². The molecule has 27 heavy (non-hydrogen) atoms. The van der Waals surface area contributed by atoms with Gasteiger partial charge in [-0.15, -0.1) is 11.3 Å². The molecular weight excluding hydrogens is 386 g/mol. The molecule has 0 radical (unpaired) electrons. The zero-order valence-electron chi connectivity index (χ0n) is 16.4. The molecule has 1 saturated heterocycles. The summed E-state index contributed by atoms with van der Waals surface area (Å²) < 4.78 is 33.0. The molecule has 0 spiro atoms. The fourth-order valence-electron chi connectivity index (χ4n) is 4.11. The van der Waals surface area contributed by atoms with Crippen molar-refractivity contribution in [2.24, 2.45) is 5.41 Å². The third-order valence-electron chi connectivity index (χ3n) is 6.04. The molecule has 2 aliphatic rings. The SMILES string of the molecule is COC1CCC(N(C)S(=O)(=O)c2csc(N3CCCC(C)(CO)C3)n2)CC1. The van der Waals surface area contributed by atoms with Crippen LogP contribution >= 0.6 is 11.3 Å². The molecule has 0 bridgehead atoms. The van der Waals surface area contributed by atoms with E-state index in [0.29, 0.717) is 6.54 Å². The second kappa shape index (κ2) is 8.32. The normalized spacial score (nSPS) is 30.0. The molecule has 1 unspecified atom stereocenters. The summed E-state index contributed by atoms with van der Waals surface area (Å²) in [4.78, 5) is 6.57. The number of nitrogens with zero attached hydrogens (tertiary/aromatic N) is 3. The number of rotatable bonds is 6. The van der Waals surface area contributed by atoms with E-state index in [1.165, 1.54) is 15.6 Å². The Morgan fingerprint density at radius 3 is 2.74 bits per heavy atom. The Kier molecular flexibility index (Phi) is 6.47. The second-order valence-electron chi connectivity index (χ2n) is 8.15. The van der Waals surface area contributed by atoms with Crippen LogP contribution in [0.15, 0.2) is 10.4 Å². The number of aromatic nitrogens is 1. The van der Waals surface area contributed by atoms with Crippen LogP contribution in [0.1, 0.15) is 45.4 Å². The van der Waals surface area contributed by atoms with Gasteiger partial charge in [-0.25, -0.2) is 13.4 Å². The number of methoxy groups -OCH3 is 1. The zero-order valence-corrected chi connectivity index (χ0v) is 18.1. The fourth-order valence-corrected chi connectivity index (χ4v) is 6.61. The van der Waals surface area contributed by atoms with E-state index in [-0.39, 0.29) is 29.2 Å². The van der Waals surface area contributed by atoms with Crippen molar-refractivity contribution in [2.45, 2.75) is 62.6 Å². The minimum absolute atomic E-state index is 0.000725. The highest BCUT2D eigenvalue weighted by atomic mass is 32.2.